The second-order valence-corrected chi connectivity index (χ2v) is 5.22. The second kappa shape index (κ2) is 7.03. The van der Waals surface area contributed by atoms with Crippen molar-refractivity contribution in [2.75, 3.05) is 7.11 Å². The molecule has 21 heavy (non-hydrogen) atoms. The molecule has 2 heterocycles. The lowest BCUT2D eigenvalue weighted by Crippen LogP contribution is -2.24. The first-order valence-electron chi connectivity index (χ1n) is 6.48. The Labute approximate surface area is 126 Å². The number of carbonyl (C=O) groups is 2. The van der Waals surface area contributed by atoms with Crippen LogP contribution in [0, 0.1) is 0 Å². The van der Waals surface area contributed by atoms with Crippen molar-refractivity contribution >= 4 is 23.2 Å². The van der Waals surface area contributed by atoms with Gasteiger partial charge in [0, 0.05) is 5.38 Å². The van der Waals surface area contributed by atoms with Crippen LogP contribution < -0.4 is 5.32 Å². The van der Waals surface area contributed by atoms with E-state index in [0.717, 1.165) is 17.1 Å². The minimum Gasteiger partial charge on any atom is -0.469 e. The van der Waals surface area contributed by atoms with Crippen LogP contribution in [-0.4, -0.2) is 24.0 Å². The maximum absolute atomic E-state index is 12.1. The first kappa shape index (κ1) is 15.2. The molecule has 2 aromatic heterocycles. The maximum atomic E-state index is 12.1. The Morgan fingerprint density at radius 3 is 2.95 bits per heavy atom. The number of ether oxygens (including phenoxy) is 1. The number of amides is 1. The molecule has 0 radical (unpaired) electrons. The number of furan rings is 1. The molecular weight excluding hydrogens is 292 g/mol. The van der Waals surface area contributed by atoms with E-state index in [9.17, 15) is 9.59 Å². The minimum atomic E-state index is -0.453. The van der Waals surface area contributed by atoms with Crippen LogP contribution in [0.4, 0.5) is 0 Å². The van der Waals surface area contributed by atoms with Crippen LogP contribution in [0.3, 0.4) is 0 Å². The number of nitrogens with zero attached hydrogens (tertiary/aromatic N) is 1. The van der Waals surface area contributed by atoms with Crippen molar-refractivity contribution in [1.29, 1.82) is 0 Å². The summed E-state index contributed by atoms with van der Waals surface area (Å²) >= 11 is 1.57. The Hall–Kier alpha value is -2.15. The number of esters is 1. The molecule has 2 aromatic rings. The fraction of sp³-hybridized carbons (Fsp3) is 0.357. The number of thiazole rings is 1. The Morgan fingerprint density at radius 2 is 2.29 bits per heavy atom. The Bertz CT molecular complexity index is 632. The summed E-state index contributed by atoms with van der Waals surface area (Å²) in [5, 5.41) is 5.72. The van der Waals surface area contributed by atoms with Gasteiger partial charge < -0.3 is 14.5 Å². The summed E-state index contributed by atoms with van der Waals surface area (Å²) in [7, 11) is 1.29. The topological polar surface area (TPSA) is 81.4 Å². The number of hydrogen-bond donors (Lipinski definition) is 1. The van der Waals surface area contributed by atoms with E-state index in [4.69, 9.17) is 4.42 Å². The molecule has 112 valence electrons. The predicted molar refractivity (Wildman–Crippen MR) is 77.1 cm³/mol. The molecule has 7 heteroatoms. The van der Waals surface area contributed by atoms with Gasteiger partial charge in [-0.25, -0.2) is 4.98 Å². The van der Waals surface area contributed by atoms with E-state index in [1.165, 1.54) is 19.4 Å². The number of hydrogen-bond acceptors (Lipinski definition) is 6. The summed E-state index contributed by atoms with van der Waals surface area (Å²) in [5.41, 5.74) is 1.16. The van der Waals surface area contributed by atoms with Crippen molar-refractivity contribution in [2.24, 2.45) is 0 Å². The third kappa shape index (κ3) is 3.91. The van der Waals surface area contributed by atoms with Crippen molar-refractivity contribution in [3.05, 3.63) is 39.7 Å². The van der Waals surface area contributed by atoms with Gasteiger partial charge in [-0.3, -0.25) is 9.59 Å². The first-order chi connectivity index (χ1) is 10.1. The minimum absolute atomic E-state index is 0.0665. The van der Waals surface area contributed by atoms with Crippen LogP contribution in [0.5, 0.6) is 0 Å². The fourth-order valence-corrected chi connectivity index (χ4v) is 2.49. The summed E-state index contributed by atoms with van der Waals surface area (Å²) in [6, 6.07) is 1.53. The van der Waals surface area contributed by atoms with E-state index in [0.29, 0.717) is 17.9 Å². The molecular formula is C14H16N2O4S. The largest absolute Gasteiger partial charge is 0.469 e. The molecule has 0 atom stereocenters. The SMILES string of the molecule is CCc1nc(CNC(=O)c2ccoc2CC(=O)OC)cs1. The van der Waals surface area contributed by atoms with Gasteiger partial charge in [0.25, 0.3) is 5.91 Å². The van der Waals surface area contributed by atoms with Crippen molar-refractivity contribution in [3.8, 4) is 0 Å². The molecule has 0 saturated carbocycles. The van der Waals surface area contributed by atoms with E-state index in [2.05, 4.69) is 15.0 Å². The fourth-order valence-electron chi connectivity index (χ4n) is 1.74. The van der Waals surface area contributed by atoms with Crippen molar-refractivity contribution < 1.29 is 18.7 Å². The highest BCUT2D eigenvalue weighted by atomic mass is 32.1. The molecule has 1 N–H and O–H groups in total. The van der Waals surface area contributed by atoms with Crippen LogP contribution >= 0.6 is 11.3 Å². The van der Waals surface area contributed by atoms with Crippen molar-refractivity contribution in [3.63, 3.8) is 0 Å². The number of nitrogens with one attached hydrogen (secondary N) is 1. The monoisotopic (exact) mass is 308 g/mol. The van der Waals surface area contributed by atoms with Gasteiger partial charge in [0.2, 0.25) is 0 Å². The van der Waals surface area contributed by atoms with E-state index < -0.39 is 5.97 Å². The molecule has 1 amide bonds. The normalized spacial score (nSPS) is 10.4. The zero-order valence-electron chi connectivity index (χ0n) is 11.8. The number of rotatable bonds is 6. The van der Waals surface area contributed by atoms with E-state index in [1.54, 1.807) is 11.3 Å². The third-order valence-corrected chi connectivity index (χ3v) is 3.90. The van der Waals surface area contributed by atoms with Crippen LogP contribution in [0.15, 0.2) is 22.1 Å². The Kier molecular flexibility index (Phi) is 5.10. The zero-order valence-corrected chi connectivity index (χ0v) is 12.7. The van der Waals surface area contributed by atoms with Crippen LogP contribution in [0.2, 0.25) is 0 Å². The van der Waals surface area contributed by atoms with Gasteiger partial charge in [-0.05, 0) is 12.5 Å². The molecule has 0 saturated heterocycles. The summed E-state index contributed by atoms with van der Waals surface area (Å²) in [6.45, 7) is 2.38. The molecule has 0 unspecified atom stereocenters. The van der Waals surface area contributed by atoms with Crippen LogP contribution in [0.25, 0.3) is 0 Å². The lowest BCUT2D eigenvalue weighted by molar-refractivity contribution is -0.140. The molecule has 0 aliphatic rings. The highest BCUT2D eigenvalue weighted by Crippen LogP contribution is 2.13. The van der Waals surface area contributed by atoms with Crippen LogP contribution in [-0.2, 0) is 28.9 Å². The lowest BCUT2D eigenvalue weighted by Gasteiger charge is -2.03. The standard InChI is InChI=1S/C14H16N2O4S/c1-3-12-16-9(8-21-12)7-15-14(18)10-4-5-20-11(10)6-13(17)19-2/h4-5,8H,3,6-7H2,1-2H3,(H,15,18). The highest BCUT2D eigenvalue weighted by Gasteiger charge is 2.17. The Balaban J connectivity index is 1.97. The van der Waals surface area contributed by atoms with E-state index in [-0.39, 0.29) is 12.3 Å². The average molecular weight is 308 g/mol. The predicted octanol–water partition coefficient (Wildman–Crippen LogP) is 1.94. The zero-order chi connectivity index (χ0) is 15.2. The summed E-state index contributed by atoms with van der Waals surface area (Å²) in [5.74, 6) is -0.452. The van der Waals surface area contributed by atoms with Crippen molar-refractivity contribution in [2.45, 2.75) is 26.3 Å². The second-order valence-electron chi connectivity index (χ2n) is 4.28. The van der Waals surface area contributed by atoms with E-state index >= 15 is 0 Å². The van der Waals surface area contributed by atoms with Gasteiger partial charge in [-0.1, -0.05) is 6.92 Å². The number of aromatic nitrogens is 1. The van der Waals surface area contributed by atoms with E-state index in [1.807, 2.05) is 12.3 Å². The molecule has 0 spiro atoms. The van der Waals surface area contributed by atoms with Gasteiger partial charge in [0.05, 0.1) is 36.2 Å². The summed E-state index contributed by atoms with van der Waals surface area (Å²) in [6.07, 6.45) is 2.19. The molecule has 0 aliphatic carbocycles. The van der Waals surface area contributed by atoms with Crippen LogP contribution in [0.1, 0.15) is 33.7 Å². The van der Waals surface area contributed by atoms with Gasteiger partial charge in [-0.2, -0.15) is 0 Å². The third-order valence-electron chi connectivity index (χ3n) is 2.85. The average Bonchev–Trinajstić information content (AvgIpc) is 3.13. The molecule has 6 nitrogen and oxygen atoms in total. The Morgan fingerprint density at radius 1 is 1.48 bits per heavy atom. The maximum Gasteiger partial charge on any atom is 0.313 e. The quantitative estimate of drug-likeness (QED) is 0.825. The van der Waals surface area contributed by atoms with Crippen molar-refractivity contribution in [1.82, 2.24) is 10.3 Å². The summed E-state index contributed by atoms with van der Waals surface area (Å²) < 4.78 is 9.72. The lowest BCUT2D eigenvalue weighted by atomic mass is 10.2. The molecule has 0 bridgehead atoms. The number of carbonyl (C=O) groups excluding carboxylic acids is 2. The molecule has 0 aliphatic heterocycles. The van der Waals surface area contributed by atoms with Gasteiger partial charge >= 0.3 is 5.97 Å². The number of methoxy groups -OCH3 is 1. The summed E-state index contributed by atoms with van der Waals surface area (Å²) in [4.78, 5) is 27.7. The highest BCUT2D eigenvalue weighted by molar-refractivity contribution is 7.09. The number of aryl methyl sites for hydroxylation is 1. The first-order valence-corrected chi connectivity index (χ1v) is 7.36. The smallest absolute Gasteiger partial charge is 0.313 e. The van der Waals surface area contributed by atoms with Gasteiger partial charge in [0.1, 0.15) is 12.2 Å². The molecule has 0 fully saturated rings. The molecule has 2 rings (SSSR count). The van der Waals surface area contributed by atoms with Gasteiger partial charge in [0.15, 0.2) is 0 Å². The van der Waals surface area contributed by atoms with Gasteiger partial charge in [-0.15, -0.1) is 11.3 Å². The molecule has 0 aromatic carbocycles.